The van der Waals surface area contributed by atoms with E-state index in [1.807, 2.05) is 30.3 Å². The molecule has 9 heteroatoms. The fraction of sp³-hybridized carbons (Fsp3) is 0.0645. The highest BCUT2D eigenvalue weighted by atomic mass is 35.5. The molecule has 6 rings (SSSR count). The van der Waals surface area contributed by atoms with Crippen LogP contribution in [-0.4, -0.2) is 21.8 Å². The number of thiazole rings is 1. The largest absolute Gasteiger partial charge is 0.507 e. The zero-order chi connectivity index (χ0) is 27.8. The van der Waals surface area contributed by atoms with Gasteiger partial charge in [-0.1, -0.05) is 65.4 Å². The average molecular weight is 571 g/mol. The van der Waals surface area contributed by atoms with Crippen LogP contribution >= 0.6 is 22.9 Å². The predicted molar refractivity (Wildman–Crippen MR) is 153 cm³/mol. The quantitative estimate of drug-likeness (QED) is 0.132. The Morgan fingerprint density at radius 1 is 0.975 bits per heavy atom. The van der Waals surface area contributed by atoms with E-state index in [4.69, 9.17) is 16.3 Å². The molecule has 1 unspecified atom stereocenters. The van der Waals surface area contributed by atoms with Crippen LogP contribution in [0.25, 0.3) is 16.0 Å². The van der Waals surface area contributed by atoms with E-state index in [1.165, 1.54) is 23.1 Å². The smallest absolute Gasteiger partial charge is 0.301 e. The maximum atomic E-state index is 13.9. The van der Waals surface area contributed by atoms with Crippen molar-refractivity contribution in [3.63, 3.8) is 0 Å². The summed E-state index contributed by atoms with van der Waals surface area (Å²) in [5.41, 5.74) is 2.22. The van der Waals surface area contributed by atoms with Gasteiger partial charge in [0.2, 0.25) is 0 Å². The summed E-state index contributed by atoms with van der Waals surface area (Å²) >= 11 is 7.11. The molecule has 1 aliphatic rings. The summed E-state index contributed by atoms with van der Waals surface area (Å²) in [6.07, 6.45) is 0. The third-order valence-electron chi connectivity index (χ3n) is 6.53. The molecule has 5 aromatic rings. The van der Waals surface area contributed by atoms with Crippen LogP contribution in [0.3, 0.4) is 0 Å². The van der Waals surface area contributed by atoms with Gasteiger partial charge in [0.25, 0.3) is 5.78 Å². The number of carbonyl (C=O) groups excluding carboxylic acids is 2. The molecule has 4 aromatic carbocycles. The molecule has 1 N–H and O–H groups in total. The number of hydrogen-bond donors (Lipinski definition) is 1. The van der Waals surface area contributed by atoms with Gasteiger partial charge >= 0.3 is 5.91 Å². The lowest BCUT2D eigenvalue weighted by molar-refractivity contribution is -0.132. The Morgan fingerprint density at radius 3 is 2.52 bits per heavy atom. The highest BCUT2D eigenvalue weighted by molar-refractivity contribution is 7.22. The second-order valence-corrected chi connectivity index (χ2v) is 10.6. The van der Waals surface area contributed by atoms with Crippen LogP contribution in [0.5, 0.6) is 5.75 Å². The van der Waals surface area contributed by atoms with Crippen LogP contribution in [0.2, 0.25) is 5.02 Å². The molecular weight excluding hydrogens is 551 g/mol. The summed E-state index contributed by atoms with van der Waals surface area (Å²) < 4.78 is 20.4. The molecule has 198 valence electrons. The van der Waals surface area contributed by atoms with Gasteiger partial charge in [-0.2, -0.15) is 0 Å². The van der Waals surface area contributed by atoms with Crippen LogP contribution in [0.15, 0.2) is 103 Å². The van der Waals surface area contributed by atoms with Crippen LogP contribution in [0, 0.1) is 5.82 Å². The second kappa shape index (κ2) is 10.6. The first-order chi connectivity index (χ1) is 19.4. The van der Waals surface area contributed by atoms with E-state index in [-0.39, 0.29) is 16.5 Å². The Bertz CT molecular complexity index is 1790. The number of rotatable bonds is 6. The summed E-state index contributed by atoms with van der Waals surface area (Å²) in [5, 5.41) is 12.0. The maximum absolute atomic E-state index is 13.9. The molecule has 0 spiro atoms. The number of nitrogens with zero attached hydrogens (tertiary/aromatic N) is 2. The highest BCUT2D eigenvalue weighted by Crippen LogP contribution is 2.45. The molecule has 1 saturated heterocycles. The van der Waals surface area contributed by atoms with Gasteiger partial charge in [-0.25, -0.2) is 9.37 Å². The van der Waals surface area contributed by atoms with Crippen molar-refractivity contribution in [3.05, 3.63) is 130 Å². The number of ether oxygens (including phenoxy) is 1. The SMILES string of the molecule is O=C1C(=O)N(c2nc3ccc(F)cc3s2)C(c2cccc(OCc3ccccc3)c2)C1=C(O)c1ccc(Cl)cc1. The molecule has 0 radical (unpaired) electrons. The lowest BCUT2D eigenvalue weighted by Crippen LogP contribution is -2.29. The van der Waals surface area contributed by atoms with Crippen LogP contribution in [-0.2, 0) is 16.2 Å². The molecule has 40 heavy (non-hydrogen) atoms. The molecule has 1 fully saturated rings. The van der Waals surface area contributed by atoms with Crippen molar-refractivity contribution in [2.24, 2.45) is 0 Å². The summed E-state index contributed by atoms with van der Waals surface area (Å²) in [6, 6.07) is 26.1. The van der Waals surface area contributed by atoms with E-state index in [1.54, 1.807) is 48.5 Å². The minimum atomic E-state index is -1.01. The number of ketones is 1. The molecule has 1 aliphatic heterocycles. The van der Waals surface area contributed by atoms with E-state index in [9.17, 15) is 19.1 Å². The summed E-state index contributed by atoms with van der Waals surface area (Å²) in [4.78, 5) is 32.7. The predicted octanol–water partition coefficient (Wildman–Crippen LogP) is 7.29. The van der Waals surface area contributed by atoms with Gasteiger partial charge in [-0.15, -0.1) is 0 Å². The van der Waals surface area contributed by atoms with Crippen LogP contribution < -0.4 is 9.64 Å². The molecule has 0 aliphatic carbocycles. The maximum Gasteiger partial charge on any atom is 0.301 e. The fourth-order valence-electron chi connectivity index (χ4n) is 4.61. The molecule has 2 heterocycles. The highest BCUT2D eigenvalue weighted by Gasteiger charge is 2.48. The Labute approximate surface area is 237 Å². The van der Waals surface area contributed by atoms with Crippen molar-refractivity contribution in [1.29, 1.82) is 0 Å². The number of aromatic nitrogens is 1. The summed E-state index contributed by atoms with van der Waals surface area (Å²) in [6.45, 7) is 0.318. The third kappa shape index (κ3) is 4.83. The lowest BCUT2D eigenvalue weighted by Gasteiger charge is -2.23. The minimum Gasteiger partial charge on any atom is -0.507 e. The number of amides is 1. The Morgan fingerprint density at radius 2 is 1.75 bits per heavy atom. The first kappa shape index (κ1) is 25.7. The van der Waals surface area contributed by atoms with Crippen molar-refractivity contribution in [3.8, 4) is 5.75 Å². The van der Waals surface area contributed by atoms with Gasteiger partial charge in [0.05, 0.1) is 21.8 Å². The number of carbonyl (C=O) groups is 2. The van der Waals surface area contributed by atoms with Gasteiger partial charge in [-0.05, 0) is 65.7 Å². The summed E-state index contributed by atoms with van der Waals surface area (Å²) in [5.74, 6) is -1.98. The molecule has 1 aromatic heterocycles. The number of halogens is 2. The number of hydrogen-bond acceptors (Lipinski definition) is 6. The molecule has 0 bridgehead atoms. The van der Waals surface area contributed by atoms with Crippen molar-refractivity contribution in [2.75, 3.05) is 4.90 Å². The molecule has 1 amide bonds. The van der Waals surface area contributed by atoms with Crippen molar-refractivity contribution < 1.29 is 23.8 Å². The average Bonchev–Trinajstić information content (AvgIpc) is 3.50. The first-order valence-corrected chi connectivity index (χ1v) is 13.5. The van der Waals surface area contributed by atoms with E-state index >= 15 is 0 Å². The van der Waals surface area contributed by atoms with Crippen molar-refractivity contribution in [2.45, 2.75) is 12.6 Å². The Balaban J connectivity index is 1.47. The van der Waals surface area contributed by atoms with Crippen LogP contribution in [0.1, 0.15) is 22.7 Å². The second-order valence-electron chi connectivity index (χ2n) is 9.13. The van der Waals surface area contributed by atoms with Crippen LogP contribution in [0.4, 0.5) is 9.52 Å². The normalized spacial score (nSPS) is 16.6. The zero-order valence-corrected chi connectivity index (χ0v) is 22.3. The van der Waals surface area contributed by atoms with E-state index in [2.05, 4.69) is 4.98 Å². The number of aliphatic hydroxyl groups is 1. The van der Waals surface area contributed by atoms with Gasteiger partial charge in [0.15, 0.2) is 5.13 Å². The minimum absolute atomic E-state index is 0.0991. The number of benzene rings is 4. The molecule has 6 nitrogen and oxygen atoms in total. The van der Waals surface area contributed by atoms with E-state index < -0.39 is 23.5 Å². The fourth-order valence-corrected chi connectivity index (χ4v) is 5.76. The monoisotopic (exact) mass is 570 g/mol. The number of anilines is 1. The molecular formula is C31H20ClFN2O4S. The Hall–Kier alpha value is -4.53. The first-order valence-electron chi connectivity index (χ1n) is 12.3. The Kier molecular flexibility index (Phi) is 6.79. The number of aliphatic hydroxyl groups excluding tert-OH is 1. The van der Waals surface area contributed by atoms with Gasteiger partial charge in [0, 0.05) is 10.6 Å². The van der Waals surface area contributed by atoms with Gasteiger partial charge < -0.3 is 9.84 Å². The third-order valence-corrected chi connectivity index (χ3v) is 7.80. The van der Waals surface area contributed by atoms with Crippen molar-refractivity contribution in [1.82, 2.24) is 4.98 Å². The topological polar surface area (TPSA) is 79.7 Å². The standard InChI is InChI=1S/C31H20ClFN2O4S/c32-21-11-9-19(10-12-21)28(36)26-27(20-7-4-8-23(15-20)39-17-18-5-2-1-3-6-18)35(30(38)29(26)37)31-34-24-14-13-22(33)16-25(24)40-31/h1-16,27,36H,17H2. The zero-order valence-electron chi connectivity index (χ0n) is 20.8. The summed E-state index contributed by atoms with van der Waals surface area (Å²) in [7, 11) is 0. The molecule has 1 atom stereocenters. The number of Topliss-reactive ketones (excluding diaryl/α,β-unsaturated/α-hetero) is 1. The van der Waals surface area contributed by atoms with Crippen molar-refractivity contribution >= 4 is 55.7 Å². The van der Waals surface area contributed by atoms with E-state index in [0.29, 0.717) is 38.7 Å². The molecule has 0 saturated carbocycles. The van der Waals surface area contributed by atoms with Gasteiger partial charge in [0.1, 0.15) is 23.9 Å². The van der Waals surface area contributed by atoms with E-state index in [0.717, 1.165) is 16.9 Å². The lowest BCUT2D eigenvalue weighted by atomic mass is 9.95. The van der Waals surface area contributed by atoms with Gasteiger partial charge in [-0.3, -0.25) is 14.5 Å². The number of fused-ring (bicyclic) bond motifs is 1.